The van der Waals surface area contributed by atoms with Gasteiger partial charge in [-0.25, -0.2) is 0 Å². The molecular weight excluding hydrogens is 269 g/mol. The topological polar surface area (TPSA) is 29.1 Å². The van der Waals surface area contributed by atoms with Gasteiger partial charge < -0.3 is 5.32 Å². The van der Waals surface area contributed by atoms with Gasteiger partial charge in [0.2, 0.25) is 0 Å². The normalized spacial score (nSPS) is 16.7. The Labute approximate surface area is 117 Å². The van der Waals surface area contributed by atoms with Crippen LogP contribution in [0, 0.1) is 0 Å². The molecule has 1 aromatic carbocycles. The monoisotopic (exact) mass is 283 g/mol. The van der Waals surface area contributed by atoms with E-state index in [4.69, 9.17) is 23.2 Å². The van der Waals surface area contributed by atoms with Gasteiger partial charge in [-0.05, 0) is 43.9 Å². The summed E-state index contributed by atoms with van der Waals surface area (Å²) in [4.78, 5) is 12.0. The minimum atomic E-state index is -0.0916. The van der Waals surface area contributed by atoms with Crippen molar-refractivity contribution in [1.82, 2.24) is 5.32 Å². The highest BCUT2D eigenvalue weighted by Gasteiger charge is 2.18. The number of carbonyl (C=O) groups is 1. The van der Waals surface area contributed by atoms with E-state index >= 15 is 0 Å². The first kappa shape index (κ1) is 13.4. The van der Waals surface area contributed by atoms with Crippen molar-refractivity contribution < 1.29 is 4.79 Å². The first-order valence-electron chi connectivity index (χ1n) is 5.99. The highest BCUT2D eigenvalue weighted by molar-refractivity contribution is 6.42. The molecule has 18 heavy (non-hydrogen) atoms. The van der Waals surface area contributed by atoms with E-state index in [2.05, 4.69) is 11.9 Å². The molecule has 0 aromatic heterocycles. The summed E-state index contributed by atoms with van der Waals surface area (Å²) in [6, 6.07) is 5.16. The fraction of sp³-hybridized carbons (Fsp3) is 0.357. The van der Waals surface area contributed by atoms with E-state index in [9.17, 15) is 4.79 Å². The predicted molar refractivity (Wildman–Crippen MR) is 75.3 cm³/mol. The van der Waals surface area contributed by atoms with E-state index in [0.29, 0.717) is 15.6 Å². The number of nitrogens with one attached hydrogen (secondary N) is 1. The van der Waals surface area contributed by atoms with E-state index in [1.807, 2.05) is 0 Å². The van der Waals surface area contributed by atoms with Crippen molar-refractivity contribution in [2.45, 2.75) is 31.7 Å². The second kappa shape index (κ2) is 5.77. The highest BCUT2D eigenvalue weighted by Crippen LogP contribution is 2.24. The highest BCUT2D eigenvalue weighted by atomic mass is 35.5. The minimum absolute atomic E-state index is 0.0916. The van der Waals surface area contributed by atoms with E-state index in [0.717, 1.165) is 25.7 Å². The summed E-state index contributed by atoms with van der Waals surface area (Å²) < 4.78 is 0. The van der Waals surface area contributed by atoms with Crippen LogP contribution in [-0.2, 0) is 0 Å². The fourth-order valence-corrected chi connectivity index (χ4v) is 2.37. The van der Waals surface area contributed by atoms with E-state index in [1.165, 1.54) is 5.57 Å². The van der Waals surface area contributed by atoms with Crippen LogP contribution >= 0.6 is 23.2 Å². The fourth-order valence-electron chi connectivity index (χ4n) is 2.08. The quantitative estimate of drug-likeness (QED) is 0.809. The summed E-state index contributed by atoms with van der Waals surface area (Å²) >= 11 is 11.7. The van der Waals surface area contributed by atoms with Crippen LogP contribution in [-0.4, -0.2) is 11.9 Å². The van der Waals surface area contributed by atoms with Crippen LogP contribution in [0.5, 0.6) is 0 Å². The van der Waals surface area contributed by atoms with Gasteiger partial charge >= 0.3 is 0 Å². The Morgan fingerprint density at radius 2 is 1.89 bits per heavy atom. The molecule has 0 heterocycles. The number of rotatable bonds is 2. The third kappa shape index (κ3) is 3.27. The second-order valence-corrected chi connectivity index (χ2v) is 5.44. The van der Waals surface area contributed by atoms with Crippen LogP contribution in [0.25, 0.3) is 0 Å². The third-order valence-corrected chi connectivity index (χ3v) is 3.95. The molecule has 1 fully saturated rings. The van der Waals surface area contributed by atoms with E-state index in [-0.39, 0.29) is 11.9 Å². The smallest absolute Gasteiger partial charge is 0.251 e. The molecule has 2 nitrogen and oxygen atoms in total. The molecule has 96 valence electrons. The molecule has 1 N–H and O–H groups in total. The van der Waals surface area contributed by atoms with Crippen molar-refractivity contribution in [2.24, 2.45) is 0 Å². The van der Waals surface area contributed by atoms with Gasteiger partial charge in [0, 0.05) is 11.6 Å². The predicted octanol–water partition coefficient (Wildman–Crippen LogP) is 4.22. The second-order valence-electron chi connectivity index (χ2n) is 4.63. The molecule has 1 aliphatic rings. The number of carbonyl (C=O) groups excluding carboxylic acids is 1. The molecule has 1 aliphatic carbocycles. The van der Waals surface area contributed by atoms with Crippen molar-refractivity contribution in [3.8, 4) is 0 Å². The minimum Gasteiger partial charge on any atom is -0.349 e. The number of allylic oxidation sites excluding steroid dienone is 1. The van der Waals surface area contributed by atoms with E-state index < -0.39 is 0 Å². The molecule has 1 amide bonds. The van der Waals surface area contributed by atoms with E-state index in [1.54, 1.807) is 18.2 Å². The molecule has 0 atom stereocenters. The van der Waals surface area contributed by atoms with Gasteiger partial charge in [0.1, 0.15) is 0 Å². The summed E-state index contributed by atoms with van der Waals surface area (Å²) in [5.74, 6) is -0.0916. The molecular formula is C14H15Cl2NO. The average Bonchev–Trinajstić information content (AvgIpc) is 2.35. The molecule has 0 radical (unpaired) electrons. The lowest BCUT2D eigenvalue weighted by Gasteiger charge is -2.24. The van der Waals surface area contributed by atoms with Gasteiger partial charge in [0.15, 0.2) is 0 Å². The largest absolute Gasteiger partial charge is 0.349 e. The van der Waals surface area contributed by atoms with Crippen LogP contribution in [0.3, 0.4) is 0 Å². The Kier molecular flexibility index (Phi) is 4.31. The van der Waals surface area contributed by atoms with Gasteiger partial charge in [-0.1, -0.05) is 35.4 Å². The Morgan fingerprint density at radius 1 is 1.22 bits per heavy atom. The lowest BCUT2D eigenvalue weighted by atomic mass is 9.92. The van der Waals surface area contributed by atoms with Gasteiger partial charge in [-0.3, -0.25) is 4.79 Å². The Bertz CT molecular complexity index is 475. The number of amides is 1. The van der Waals surface area contributed by atoms with Crippen LogP contribution in [0.2, 0.25) is 10.0 Å². The van der Waals surface area contributed by atoms with Gasteiger partial charge in [0.05, 0.1) is 10.0 Å². The van der Waals surface area contributed by atoms with Crippen LogP contribution in [0.1, 0.15) is 36.0 Å². The Balaban J connectivity index is 1.99. The van der Waals surface area contributed by atoms with Crippen LogP contribution in [0.4, 0.5) is 0 Å². The number of hydrogen-bond donors (Lipinski definition) is 1. The Hall–Kier alpha value is -0.990. The van der Waals surface area contributed by atoms with Crippen molar-refractivity contribution in [3.63, 3.8) is 0 Å². The molecule has 0 aliphatic heterocycles. The number of halogens is 2. The first-order valence-corrected chi connectivity index (χ1v) is 6.74. The summed E-state index contributed by atoms with van der Waals surface area (Å²) in [5.41, 5.74) is 1.82. The lowest BCUT2D eigenvalue weighted by molar-refractivity contribution is 0.0930. The van der Waals surface area contributed by atoms with Crippen LogP contribution in [0.15, 0.2) is 30.4 Å². The first-order chi connectivity index (χ1) is 8.56. The van der Waals surface area contributed by atoms with Crippen molar-refractivity contribution >= 4 is 29.1 Å². The molecule has 0 bridgehead atoms. The van der Waals surface area contributed by atoms with Crippen molar-refractivity contribution in [2.75, 3.05) is 0 Å². The third-order valence-electron chi connectivity index (χ3n) is 3.21. The number of benzene rings is 1. The standard InChI is InChI=1S/C14H15Cl2NO/c1-9-2-5-11(6-3-9)17-14(18)10-4-7-12(15)13(16)8-10/h4,7-8,11H,1-3,5-6H2,(H,17,18). The SMILES string of the molecule is C=C1CCC(NC(=O)c2ccc(Cl)c(Cl)c2)CC1. The lowest BCUT2D eigenvalue weighted by Crippen LogP contribution is -2.36. The molecule has 0 saturated heterocycles. The molecule has 2 rings (SSSR count). The summed E-state index contributed by atoms with van der Waals surface area (Å²) in [6.45, 7) is 3.96. The zero-order valence-electron chi connectivity index (χ0n) is 10.0. The molecule has 0 spiro atoms. The maximum atomic E-state index is 12.0. The molecule has 4 heteroatoms. The van der Waals surface area contributed by atoms with Gasteiger partial charge in [0.25, 0.3) is 5.91 Å². The van der Waals surface area contributed by atoms with Gasteiger partial charge in [-0.15, -0.1) is 0 Å². The summed E-state index contributed by atoms with van der Waals surface area (Å²) in [5, 5.41) is 3.88. The molecule has 1 saturated carbocycles. The maximum absolute atomic E-state index is 12.0. The molecule has 0 unspecified atom stereocenters. The molecule has 1 aromatic rings. The van der Waals surface area contributed by atoms with Gasteiger partial charge in [-0.2, -0.15) is 0 Å². The summed E-state index contributed by atoms with van der Waals surface area (Å²) in [7, 11) is 0. The Morgan fingerprint density at radius 3 is 2.50 bits per heavy atom. The number of hydrogen-bond acceptors (Lipinski definition) is 1. The average molecular weight is 284 g/mol. The maximum Gasteiger partial charge on any atom is 0.251 e. The summed E-state index contributed by atoms with van der Waals surface area (Å²) in [6.07, 6.45) is 3.91. The van der Waals surface area contributed by atoms with Crippen molar-refractivity contribution in [3.05, 3.63) is 46.0 Å². The zero-order chi connectivity index (χ0) is 13.1. The van der Waals surface area contributed by atoms with Crippen molar-refractivity contribution in [1.29, 1.82) is 0 Å². The van der Waals surface area contributed by atoms with Crippen LogP contribution < -0.4 is 5.32 Å². The zero-order valence-corrected chi connectivity index (χ0v) is 11.5.